The first-order valence-corrected chi connectivity index (χ1v) is 15.1. The van der Waals surface area contributed by atoms with Crippen molar-refractivity contribution in [1.82, 2.24) is 24.4 Å². The molecule has 1 spiro atoms. The summed E-state index contributed by atoms with van der Waals surface area (Å²) in [5.41, 5.74) is 6.75. The Morgan fingerprint density at radius 1 is 1.00 bits per heavy atom. The number of hydrogen-bond acceptors (Lipinski definition) is 6. The number of aryl methyl sites for hydroxylation is 2. The summed E-state index contributed by atoms with van der Waals surface area (Å²) in [5, 5.41) is 21.0. The van der Waals surface area contributed by atoms with Gasteiger partial charge in [0.05, 0.1) is 28.6 Å². The van der Waals surface area contributed by atoms with Gasteiger partial charge in [-0.3, -0.25) is 4.68 Å². The number of aromatic nitrogens is 5. The van der Waals surface area contributed by atoms with Crippen molar-refractivity contribution in [2.45, 2.75) is 65.1 Å². The fourth-order valence-electron chi connectivity index (χ4n) is 6.50. The van der Waals surface area contributed by atoms with Crippen LogP contribution in [0.5, 0.6) is 0 Å². The Hall–Kier alpha value is -4.24. The summed E-state index contributed by atoms with van der Waals surface area (Å²) in [6, 6.07) is 16.7. The number of carboxylic acid groups (broad SMARTS) is 1. The smallest absolute Gasteiger partial charge is 0.337 e. The van der Waals surface area contributed by atoms with E-state index in [2.05, 4.69) is 46.4 Å². The number of nitrogens with zero attached hydrogens (tertiary/aromatic N) is 6. The van der Waals surface area contributed by atoms with Gasteiger partial charge in [-0.2, -0.15) is 14.7 Å². The molecule has 9 heteroatoms. The zero-order valence-corrected chi connectivity index (χ0v) is 25.5. The van der Waals surface area contributed by atoms with Crippen molar-refractivity contribution < 1.29 is 14.6 Å². The van der Waals surface area contributed by atoms with Crippen molar-refractivity contribution in [3.8, 4) is 22.4 Å². The third-order valence-electron chi connectivity index (χ3n) is 9.08. The van der Waals surface area contributed by atoms with Crippen molar-refractivity contribution >= 4 is 28.3 Å². The van der Waals surface area contributed by atoms with E-state index in [4.69, 9.17) is 14.8 Å². The number of carboxylic acids is 1. The maximum atomic E-state index is 12.7. The molecule has 1 N–H and O–H groups in total. The molecule has 5 aromatic rings. The van der Waals surface area contributed by atoms with Crippen LogP contribution in [-0.2, 0) is 16.6 Å². The summed E-state index contributed by atoms with van der Waals surface area (Å²) < 4.78 is 9.91. The molecular weight excluding hydrogens is 540 g/mol. The number of hydrogen-bond donors (Lipinski definition) is 1. The van der Waals surface area contributed by atoms with Gasteiger partial charge >= 0.3 is 5.97 Å². The van der Waals surface area contributed by atoms with Crippen molar-refractivity contribution in [2.75, 3.05) is 18.0 Å². The molecule has 1 saturated carbocycles. The van der Waals surface area contributed by atoms with E-state index in [-0.39, 0.29) is 0 Å². The van der Waals surface area contributed by atoms with E-state index in [1.807, 2.05) is 62.3 Å². The van der Waals surface area contributed by atoms with E-state index in [0.29, 0.717) is 22.3 Å². The quantitative estimate of drug-likeness (QED) is 0.243. The minimum atomic E-state index is -1.17. The highest BCUT2D eigenvalue weighted by Gasteiger charge is 2.45. The lowest BCUT2D eigenvalue weighted by Gasteiger charge is -2.36. The maximum absolute atomic E-state index is 12.7. The third kappa shape index (κ3) is 5.05. The van der Waals surface area contributed by atoms with Gasteiger partial charge in [-0.05, 0) is 82.1 Å². The Balaban J connectivity index is 1.35. The number of benzene rings is 2. The van der Waals surface area contributed by atoms with Gasteiger partial charge in [-0.1, -0.05) is 30.3 Å². The molecule has 2 aliphatic rings. The molecule has 4 heterocycles. The van der Waals surface area contributed by atoms with Crippen LogP contribution in [0.15, 0.2) is 54.7 Å². The number of fused-ring (bicyclic) bond motifs is 2. The molecule has 43 heavy (non-hydrogen) atoms. The highest BCUT2D eigenvalue weighted by Crippen LogP contribution is 2.54. The molecule has 0 amide bonds. The largest absolute Gasteiger partial charge is 0.479 e. The second-order valence-corrected chi connectivity index (χ2v) is 13.3. The average Bonchev–Trinajstić information content (AvgIpc) is 3.42. The maximum Gasteiger partial charge on any atom is 0.337 e. The van der Waals surface area contributed by atoms with E-state index in [0.717, 1.165) is 65.0 Å². The fraction of sp³-hybridized carbons (Fsp3) is 0.412. The number of ether oxygens (including phenoxy) is 1. The lowest BCUT2D eigenvalue weighted by atomic mass is 9.93. The molecule has 0 unspecified atom stereocenters. The summed E-state index contributed by atoms with van der Waals surface area (Å²) >= 11 is 0. The van der Waals surface area contributed by atoms with Crippen LogP contribution in [0.1, 0.15) is 63.8 Å². The molecule has 1 aliphatic heterocycles. The lowest BCUT2D eigenvalue weighted by Crippen LogP contribution is -2.38. The molecule has 9 nitrogen and oxygen atoms in total. The first kappa shape index (κ1) is 27.6. The predicted molar refractivity (Wildman–Crippen MR) is 167 cm³/mol. The fourth-order valence-corrected chi connectivity index (χ4v) is 6.50. The number of piperidine rings is 1. The van der Waals surface area contributed by atoms with Crippen molar-refractivity contribution in [3.05, 3.63) is 66.0 Å². The van der Waals surface area contributed by atoms with Gasteiger partial charge in [0.2, 0.25) is 0 Å². The molecule has 7 rings (SSSR count). The Kier molecular flexibility index (Phi) is 6.36. The third-order valence-corrected chi connectivity index (χ3v) is 9.08. The molecule has 0 radical (unpaired) electrons. The second-order valence-electron chi connectivity index (χ2n) is 13.3. The standard InChI is InChI=1S/C34H38N6O3/c1-21-29(30(32(41)42)43-33(2,3)4)31(39-15-13-34(11-12-34)14-16-39)40-28(36-21)19-26(37-40)24-8-6-7-22(17-24)23-9-10-25-20-35-38(5)27(25)18-23/h6-10,17-20,30H,11-16H2,1-5H3,(H,41,42)/t30-/m0/s1. The lowest BCUT2D eigenvalue weighted by molar-refractivity contribution is -0.160. The molecule has 1 saturated heterocycles. The molecule has 0 bridgehead atoms. The van der Waals surface area contributed by atoms with Gasteiger partial charge in [0.25, 0.3) is 0 Å². The number of aliphatic carboxylic acids is 1. The molecular formula is C34H38N6O3. The van der Waals surface area contributed by atoms with Crippen LogP contribution in [-0.4, -0.2) is 54.1 Å². The van der Waals surface area contributed by atoms with E-state index in [9.17, 15) is 9.90 Å². The Morgan fingerprint density at radius 3 is 2.42 bits per heavy atom. The minimum Gasteiger partial charge on any atom is -0.479 e. The average molecular weight is 579 g/mol. The molecule has 222 valence electrons. The Labute approximate surface area is 251 Å². The van der Waals surface area contributed by atoms with E-state index < -0.39 is 17.7 Å². The highest BCUT2D eigenvalue weighted by molar-refractivity contribution is 5.85. The summed E-state index contributed by atoms with van der Waals surface area (Å²) in [7, 11) is 1.95. The summed E-state index contributed by atoms with van der Waals surface area (Å²) in [5.74, 6) is -0.250. The number of anilines is 1. The van der Waals surface area contributed by atoms with Crippen LogP contribution < -0.4 is 4.90 Å². The normalized spacial score (nSPS) is 17.2. The molecule has 2 aromatic carbocycles. The van der Waals surface area contributed by atoms with Crippen LogP contribution in [0, 0.1) is 12.3 Å². The van der Waals surface area contributed by atoms with Gasteiger partial charge in [0.15, 0.2) is 11.8 Å². The molecule has 2 fully saturated rings. The Bertz CT molecular complexity index is 1870. The Morgan fingerprint density at radius 2 is 1.72 bits per heavy atom. The van der Waals surface area contributed by atoms with Crippen LogP contribution in [0.4, 0.5) is 5.82 Å². The molecule has 3 aromatic heterocycles. The minimum absolute atomic E-state index is 0.472. The predicted octanol–water partition coefficient (Wildman–Crippen LogP) is 6.58. The van der Waals surface area contributed by atoms with E-state index >= 15 is 0 Å². The monoisotopic (exact) mass is 578 g/mol. The van der Waals surface area contributed by atoms with Crippen LogP contribution in [0.3, 0.4) is 0 Å². The first-order valence-electron chi connectivity index (χ1n) is 15.1. The summed E-state index contributed by atoms with van der Waals surface area (Å²) in [4.78, 5) is 19.9. The van der Waals surface area contributed by atoms with E-state index in [1.165, 1.54) is 12.8 Å². The summed E-state index contributed by atoms with van der Waals surface area (Å²) in [6.07, 6.45) is 5.50. The first-order chi connectivity index (χ1) is 20.5. The molecule has 1 atom stereocenters. The topological polar surface area (TPSA) is 97.8 Å². The van der Waals surface area contributed by atoms with Crippen LogP contribution in [0.25, 0.3) is 38.9 Å². The zero-order valence-electron chi connectivity index (χ0n) is 25.5. The number of rotatable bonds is 6. The van der Waals surface area contributed by atoms with Crippen molar-refractivity contribution in [2.24, 2.45) is 12.5 Å². The second kappa shape index (κ2) is 9.91. The van der Waals surface area contributed by atoms with Gasteiger partial charge in [-0.15, -0.1) is 0 Å². The van der Waals surface area contributed by atoms with E-state index in [1.54, 1.807) is 0 Å². The summed E-state index contributed by atoms with van der Waals surface area (Å²) in [6.45, 7) is 9.24. The van der Waals surface area contributed by atoms with Gasteiger partial charge < -0.3 is 14.7 Å². The molecule has 1 aliphatic carbocycles. The van der Waals surface area contributed by atoms with Crippen LogP contribution >= 0.6 is 0 Å². The van der Waals surface area contributed by atoms with Gasteiger partial charge in [-0.25, -0.2) is 9.78 Å². The van der Waals surface area contributed by atoms with Gasteiger partial charge in [0.1, 0.15) is 5.82 Å². The highest BCUT2D eigenvalue weighted by atomic mass is 16.5. The van der Waals surface area contributed by atoms with Crippen molar-refractivity contribution in [3.63, 3.8) is 0 Å². The zero-order chi connectivity index (χ0) is 30.1. The van der Waals surface area contributed by atoms with Crippen molar-refractivity contribution in [1.29, 1.82) is 0 Å². The SMILES string of the molecule is Cc1nc2cc(-c3cccc(-c4ccc5cnn(C)c5c4)c3)nn2c(N2CCC3(CC2)CC3)c1[C@H](OC(C)(C)C)C(=O)O. The number of carbonyl (C=O) groups is 1. The van der Waals surface area contributed by atoms with Crippen LogP contribution in [0.2, 0.25) is 0 Å². The van der Waals surface area contributed by atoms with Gasteiger partial charge in [0, 0.05) is 42.8 Å².